The SMILES string of the molecule is Cc1cccc(OCCCOc2ccc(/C=C3/C(=O)NC(=O)N(c4ccc(Br)cc4)C3=O)cc2)c1. The van der Waals surface area contributed by atoms with E-state index in [1.54, 1.807) is 48.5 Å². The van der Waals surface area contributed by atoms with Crippen molar-refractivity contribution in [3.8, 4) is 11.5 Å². The fourth-order valence-corrected chi connectivity index (χ4v) is 3.72. The number of anilines is 1. The fourth-order valence-electron chi connectivity index (χ4n) is 3.45. The number of hydrogen-bond acceptors (Lipinski definition) is 5. The van der Waals surface area contributed by atoms with Crippen molar-refractivity contribution >= 4 is 45.5 Å². The average molecular weight is 535 g/mol. The van der Waals surface area contributed by atoms with Crippen molar-refractivity contribution in [2.75, 3.05) is 18.1 Å². The molecule has 35 heavy (non-hydrogen) atoms. The highest BCUT2D eigenvalue weighted by Gasteiger charge is 2.36. The Hall–Kier alpha value is -3.91. The number of nitrogens with one attached hydrogen (secondary N) is 1. The summed E-state index contributed by atoms with van der Waals surface area (Å²) in [6, 6.07) is 20.8. The molecule has 0 aromatic heterocycles. The number of urea groups is 1. The number of amides is 4. The maximum absolute atomic E-state index is 13.0. The van der Waals surface area contributed by atoms with Crippen molar-refractivity contribution in [3.05, 3.63) is 94.0 Å². The number of benzene rings is 3. The van der Waals surface area contributed by atoms with Crippen molar-refractivity contribution < 1.29 is 23.9 Å². The molecule has 3 aromatic carbocycles. The summed E-state index contributed by atoms with van der Waals surface area (Å²) in [6.07, 6.45) is 2.17. The van der Waals surface area contributed by atoms with Gasteiger partial charge in [0.05, 0.1) is 18.9 Å². The summed E-state index contributed by atoms with van der Waals surface area (Å²) in [7, 11) is 0. The molecule has 3 aromatic rings. The molecule has 0 radical (unpaired) electrons. The van der Waals surface area contributed by atoms with E-state index in [0.29, 0.717) is 36.6 Å². The van der Waals surface area contributed by atoms with Crippen LogP contribution in [0.5, 0.6) is 11.5 Å². The zero-order valence-electron chi connectivity index (χ0n) is 19.0. The van der Waals surface area contributed by atoms with Crippen molar-refractivity contribution in [2.45, 2.75) is 13.3 Å². The number of hydrogen-bond donors (Lipinski definition) is 1. The lowest BCUT2D eigenvalue weighted by Crippen LogP contribution is -2.54. The molecule has 1 saturated heterocycles. The van der Waals surface area contributed by atoms with E-state index in [4.69, 9.17) is 9.47 Å². The van der Waals surface area contributed by atoms with Crippen LogP contribution in [0.25, 0.3) is 6.08 Å². The minimum atomic E-state index is -0.783. The van der Waals surface area contributed by atoms with E-state index in [2.05, 4.69) is 21.2 Å². The van der Waals surface area contributed by atoms with E-state index in [1.165, 1.54) is 6.08 Å². The van der Waals surface area contributed by atoms with E-state index in [9.17, 15) is 14.4 Å². The molecule has 0 bridgehead atoms. The molecular formula is C27H23BrN2O5. The number of rotatable bonds is 8. The Kier molecular flexibility index (Phi) is 7.62. The smallest absolute Gasteiger partial charge is 0.335 e. The average Bonchev–Trinajstić information content (AvgIpc) is 2.83. The first-order valence-electron chi connectivity index (χ1n) is 11.0. The molecule has 1 aliphatic rings. The van der Waals surface area contributed by atoms with Crippen molar-refractivity contribution in [2.24, 2.45) is 0 Å². The van der Waals surface area contributed by atoms with Gasteiger partial charge in [-0.15, -0.1) is 0 Å². The van der Waals surface area contributed by atoms with Gasteiger partial charge in [-0.2, -0.15) is 0 Å². The Morgan fingerprint density at radius 2 is 1.57 bits per heavy atom. The lowest BCUT2D eigenvalue weighted by molar-refractivity contribution is -0.122. The number of carbonyl (C=O) groups is 3. The summed E-state index contributed by atoms with van der Waals surface area (Å²) >= 11 is 3.32. The number of carbonyl (C=O) groups excluding carboxylic acids is 3. The molecule has 7 nitrogen and oxygen atoms in total. The summed E-state index contributed by atoms with van der Waals surface area (Å²) < 4.78 is 12.3. The number of imide groups is 2. The van der Waals surface area contributed by atoms with Crippen molar-refractivity contribution in [1.82, 2.24) is 5.32 Å². The number of nitrogens with zero attached hydrogens (tertiary/aromatic N) is 1. The summed E-state index contributed by atoms with van der Waals surface area (Å²) in [5.41, 5.74) is 2.01. The van der Waals surface area contributed by atoms with Crippen LogP contribution in [0.3, 0.4) is 0 Å². The summed E-state index contributed by atoms with van der Waals surface area (Å²) in [6.45, 7) is 3.04. The second-order valence-electron chi connectivity index (χ2n) is 7.87. The monoisotopic (exact) mass is 534 g/mol. The topological polar surface area (TPSA) is 84.9 Å². The Morgan fingerprint density at radius 1 is 0.886 bits per heavy atom. The molecule has 178 valence electrons. The Morgan fingerprint density at radius 3 is 2.26 bits per heavy atom. The van der Waals surface area contributed by atoms with Gasteiger partial charge in [0.15, 0.2) is 0 Å². The van der Waals surface area contributed by atoms with Gasteiger partial charge in [0.25, 0.3) is 11.8 Å². The Bertz CT molecular complexity index is 1270. The molecule has 0 atom stereocenters. The maximum Gasteiger partial charge on any atom is 0.335 e. The lowest BCUT2D eigenvalue weighted by Gasteiger charge is -2.26. The molecule has 8 heteroatoms. The highest BCUT2D eigenvalue weighted by atomic mass is 79.9. The molecule has 4 rings (SSSR count). The van der Waals surface area contributed by atoms with Gasteiger partial charge in [-0.05, 0) is 72.7 Å². The van der Waals surface area contributed by atoms with Crippen LogP contribution in [0.1, 0.15) is 17.5 Å². The van der Waals surface area contributed by atoms with Crippen LogP contribution in [-0.4, -0.2) is 31.1 Å². The normalized spacial score (nSPS) is 14.7. The zero-order valence-corrected chi connectivity index (χ0v) is 20.6. The summed E-state index contributed by atoms with van der Waals surface area (Å²) in [5, 5.41) is 2.22. The summed E-state index contributed by atoms with van der Waals surface area (Å²) in [4.78, 5) is 38.5. The Labute approximate surface area is 211 Å². The van der Waals surface area contributed by atoms with Gasteiger partial charge in [0.1, 0.15) is 17.1 Å². The molecule has 1 aliphatic heterocycles. The standard InChI is InChI=1S/C27H23BrN2O5/c1-18-4-2-5-23(16-18)35-15-3-14-34-22-12-6-19(7-13-22)17-24-25(31)29-27(33)30(26(24)32)21-10-8-20(28)9-11-21/h2,4-13,16-17H,3,14-15H2,1H3,(H,29,31,33)/b24-17-. The molecule has 1 heterocycles. The molecule has 0 unspecified atom stereocenters. The van der Waals surface area contributed by atoms with Gasteiger partial charge in [-0.3, -0.25) is 14.9 Å². The van der Waals surface area contributed by atoms with E-state index in [1.807, 2.05) is 31.2 Å². The van der Waals surface area contributed by atoms with Crippen LogP contribution in [0, 0.1) is 6.92 Å². The first-order valence-corrected chi connectivity index (χ1v) is 11.8. The molecule has 1 N–H and O–H groups in total. The zero-order chi connectivity index (χ0) is 24.8. The van der Waals surface area contributed by atoms with Crippen molar-refractivity contribution in [3.63, 3.8) is 0 Å². The predicted molar refractivity (Wildman–Crippen MR) is 136 cm³/mol. The van der Waals surface area contributed by atoms with E-state index < -0.39 is 17.8 Å². The van der Waals surface area contributed by atoms with Crippen LogP contribution in [0.4, 0.5) is 10.5 Å². The van der Waals surface area contributed by atoms with Crippen LogP contribution in [0.2, 0.25) is 0 Å². The van der Waals surface area contributed by atoms with Crippen LogP contribution in [0.15, 0.2) is 82.8 Å². The van der Waals surface area contributed by atoms with Gasteiger partial charge in [-0.1, -0.05) is 40.2 Å². The largest absolute Gasteiger partial charge is 0.493 e. The third-order valence-electron chi connectivity index (χ3n) is 5.19. The highest BCUT2D eigenvalue weighted by Crippen LogP contribution is 2.24. The van der Waals surface area contributed by atoms with Gasteiger partial charge < -0.3 is 9.47 Å². The third-order valence-corrected chi connectivity index (χ3v) is 5.72. The van der Waals surface area contributed by atoms with Gasteiger partial charge >= 0.3 is 6.03 Å². The molecule has 0 aliphatic carbocycles. The minimum absolute atomic E-state index is 0.130. The fraction of sp³-hybridized carbons (Fsp3) is 0.148. The molecule has 0 saturated carbocycles. The van der Waals surface area contributed by atoms with Crippen molar-refractivity contribution in [1.29, 1.82) is 0 Å². The lowest BCUT2D eigenvalue weighted by atomic mass is 10.1. The van der Waals surface area contributed by atoms with Crippen LogP contribution in [-0.2, 0) is 9.59 Å². The number of barbiturate groups is 1. The second-order valence-corrected chi connectivity index (χ2v) is 8.79. The number of ether oxygens (including phenoxy) is 2. The maximum atomic E-state index is 13.0. The first kappa shape index (κ1) is 24.2. The molecule has 4 amide bonds. The second kappa shape index (κ2) is 11.0. The summed E-state index contributed by atoms with van der Waals surface area (Å²) in [5.74, 6) is 0.0789. The molecule has 0 spiro atoms. The third kappa shape index (κ3) is 6.16. The molecule has 1 fully saturated rings. The number of halogens is 1. The van der Waals surface area contributed by atoms with E-state index >= 15 is 0 Å². The van der Waals surface area contributed by atoms with Crippen LogP contribution < -0.4 is 19.7 Å². The van der Waals surface area contributed by atoms with Crippen LogP contribution >= 0.6 is 15.9 Å². The van der Waals surface area contributed by atoms with Gasteiger partial charge in [0.2, 0.25) is 0 Å². The first-order chi connectivity index (χ1) is 16.9. The van der Waals surface area contributed by atoms with E-state index in [-0.39, 0.29) is 5.57 Å². The minimum Gasteiger partial charge on any atom is -0.493 e. The predicted octanol–water partition coefficient (Wildman–Crippen LogP) is 5.27. The van der Waals surface area contributed by atoms with E-state index in [0.717, 1.165) is 20.7 Å². The quantitative estimate of drug-likeness (QED) is 0.241. The van der Waals surface area contributed by atoms with Gasteiger partial charge in [0, 0.05) is 10.9 Å². The highest BCUT2D eigenvalue weighted by molar-refractivity contribution is 9.10. The molecular weight excluding hydrogens is 512 g/mol. The Balaban J connectivity index is 1.35. The number of aryl methyl sites for hydroxylation is 1. The van der Waals surface area contributed by atoms with Gasteiger partial charge in [-0.25, -0.2) is 9.69 Å².